The number of anilines is 1. The van der Waals surface area contributed by atoms with Gasteiger partial charge in [0.1, 0.15) is 4.60 Å². The Bertz CT molecular complexity index is 960. The van der Waals surface area contributed by atoms with Crippen LogP contribution in [0.25, 0.3) is 5.65 Å². The number of nitrogens with zero attached hydrogens (tertiary/aromatic N) is 7. The third-order valence-corrected chi connectivity index (χ3v) is 5.98. The fourth-order valence-electron chi connectivity index (χ4n) is 3.81. The standard InChI is InChI=1S/C18H22BrN7O3/c1-18(12-20,26-4-2-24(3-5-26)17(27)28)13-10-25-11-14(19)22-16(15(25)21-13)23-6-8-29-9-7-23/h10-11H,2-9H2,1H3,(H,27,28). The van der Waals surface area contributed by atoms with E-state index in [2.05, 4.69) is 31.9 Å². The maximum atomic E-state index is 11.2. The number of fused-ring (bicyclic) bond motifs is 1. The maximum absolute atomic E-state index is 11.2. The Morgan fingerprint density at radius 3 is 2.52 bits per heavy atom. The highest BCUT2D eigenvalue weighted by molar-refractivity contribution is 9.10. The monoisotopic (exact) mass is 463 g/mol. The summed E-state index contributed by atoms with van der Waals surface area (Å²) < 4.78 is 8.01. The molecule has 29 heavy (non-hydrogen) atoms. The molecule has 2 aliphatic rings. The molecule has 4 rings (SSSR count). The van der Waals surface area contributed by atoms with Crippen molar-refractivity contribution in [3.8, 4) is 6.07 Å². The Labute approximate surface area is 176 Å². The first kappa shape index (κ1) is 19.9. The number of piperazine rings is 1. The Morgan fingerprint density at radius 1 is 1.21 bits per heavy atom. The van der Waals surface area contributed by atoms with Crippen molar-refractivity contribution in [1.82, 2.24) is 24.2 Å². The van der Waals surface area contributed by atoms with Gasteiger partial charge in [0.25, 0.3) is 0 Å². The quantitative estimate of drug-likeness (QED) is 0.726. The second-order valence-corrected chi connectivity index (χ2v) is 8.10. The van der Waals surface area contributed by atoms with Crippen LogP contribution in [0.3, 0.4) is 0 Å². The van der Waals surface area contributed by atoms with E-state index in [4.69, 9.17) is 9.72 Å². The number of morpholine rings is 1. The minimum absolute atomic E-state index is 0.367. The van der Waals surface area contributed by atoms with Gasteiger partial charge < -0.3 is 24.0 Å². The van der Waals surface area contributed by atoms with Gasteiger partial charge in [-0.25, -0.2) is 14.8 Å². The highest BCUT2D eigenvalue weighted by Gasteiger charge is 2.39. The van der Waals surface area contributed by atoms with Crippen LogP contribution >= 0.6 is 15.9 Å². The number of halogens is 1. The van der Waals surface area contributed by atoms with Crippen LogP contribution in [-0.4, -0.2) is 87.9 Å². The second kappa shape index (κ2) is 7.78. The number of ether oxygens (including phenoxy) is 1. The summed E-state index contributed by atoms with van der Waals surface area (Å²) >= 11 is 3.47. The molecule has 4 heterocycles. The normalized spacial score (nSPS) is 20.4. The smallest absolute Gasteiger partial charge is 0.407 e. The Kier molecular flexibility index (Phi) is 5.33. The zero-order chi connectivity index (χ0) is 20.6. The van der Waals surface area contributed by atoms with E-state index in [0.717, 1.165) is 18.9 Å². The summed E-state index contributed by atoms with van der Waals surface area (Å²) in [7, 11) is 0. The number of rotatable bonds is 3. The number of nitriles is 1. The molecule has 0 radical (unpaired) electrons. The average molecular weight is 464 g/mol. The second-order valence-electron chi connectivity index (χ2n) is 7.28. The molecule has 1 amide bonds. The lowest BCUT2D eigenvalue weighted by molar-refractivity contribution is 0.0648. The van der Waals surface area contributed by atoms with Crippen molar-refractivity contribution in [3.05, 3.63) is 22.7 Å². The van der Waals surface area contributed by atoms with E-state index in [-0.39, 0.29) is 0 Å². The van der Waals surface area contributed by atoms with Gasteiger partial charge >= 0.3 is 6.09 Å². The first-order valence-electron chi connectivity index (χ1n) is 9.45. The number of hydrogen-bond acceptors (Lipinski definition) is 7. The molecule has 10 nitrogen and oxygen atoms in total. The van der Waals surface area contributed by atoms with Gasteiger partial charge in [-0.1, -0.05) is 0 Å². The minimum atomic E-state index is -0.967. The first-order chi connectivity index (χ1) is 13.9. The highest BCUT2D eigenvalue weighted by atomic mass is 79.9. The molecule has 1 atom stereocenters. The lowest BCUT2D eigenvalue weighted by Crippen LogP contribution is -2.55. The molecule has 1 N–H and O–H groups in total. The summed E-state index contributed by atoms with van der Waals surface area (Å²) in [5.41, 5.74) is 0.347. The zero-order valence-corrected chi connectivity index (χ0v) is 17.7. The van der Waals surface area contributed by atoms with Crippen LogP contribution in [0.15, 0.2) is 17.0 Å². The predicted octanol–water partition coefficient (Wildman–Crippen LogP) is 1.36. The van der Waals surface area contributed by atoms with Gasteiger partial charge in [0.2, 0.25) is 0 Å². The van der Waals surface area contributed by atoms with Crippen LogP contribution in [0.4, 0.5) is 10.6 Å². The van der Waals surface area contributed by atoms with E-state index < -0.39 is 11.6 Å². The van der Waals surface area contributed by atoms with Gasteiger partial charge in [-0.15, -0.1) is 0 Å². The van der Waals surface area contributed by atoms with Gasteiger partial charge in [0.05, 0.1) is 25.0 Å². The molecular formula is C18H22BrN7O3. The number of aromatic nitrogens is 3. The first-order valence-corrected chi connectivity index (χ1v) is 10.2. The fourth-order valence-corrected chi connectivity index (χ4v) is 4.20. The lowest BCUT2D eigenvalue weighted by Gasteiger charge is -2.40. The molecule has 2 aliphatic heterocycles. The zero-order valence-electron chi connectivity index (χ0n) is 16.1. The fraction of sp³-hybridized carbons (Fsp3) is 0.556. The Balaban J connectivity index is 1.69. The molecule has 0 spiro atoms. The molecule has 0 aliphatic carbocycles. The van der Waals surface area contributed by atoms with Crippen molar-refractivity contribution in [2.24, 2.45) is 0 Å². The van der Waals surface area contributed by atoms with Crippen molar-refractivity contribution in [3.63, 3.8) is 0 Å². The van der Waals surface area contributed by atoms with Crippen LogP contribution in [0, 0.1) is 11.3 Å². The summed E-state index contributed by atoms with van der Waals surface area (Å²) in [4.78, 5) is 26.1. The molecule has 0 bridgehead atoms. The van der Waals surface area contributed by atoms with Crippen LogP contribution in [0.1, 0.15) is 12.6 Å². The van der Waals surface area contributed by atoms with Gasteiger partial charge in [-0.3, -0.25) is 4.90 Å². The van der Waals surface area contributed by atoms with Crippen LogP contribution in [0.5, 0.6) is 0 Å². The van der Waals surface area contributed by atoms with E-state index in [1.54, 1.807) is 0 Å². The summed E-state index contributed by atoms with van der Waals surface area (Å²) in [6, 6.07) is 2.40. The van der Waals surface area contributed by atoms with E-state index in [9.17, 15) is 15.2 Å². The third-order valence-electron chi connectivity index (χ3n) is 5.60. The number of carboxylic acid groups (broad SMARTS) is 1. The van der Waals surface area contributed by atoms with Crippen molar-refractivity contribution in [2.75, 3.05) is 57.4 Å². The molecule has 2 saturated heterocycles. The number of hydrogen-bond donors (Lipinski definition) is 1. The molecule has 2 aromatic heterocycles. The molecule has 0 saturated carbocycles. The third kappa shape index (κ3) is 3.63. The Morgan fingerprint density at radius 2 is 1.90 bits per heavy atom. The van der Waals surface area contributed by atoms with E-state index in [1.807, 2.05) is 28.6 Å². The van der Waals surface area contributed by atoms with Gasteiger partial charge in [-0.2, -0.15) is 5.26 Å². The highest BCUT2D eigenvalue weighted by Crippen LogP contribution is 2.31. The van der Waals surface area contributed by atoms with Crippen molar-refractivity contribution in [1.29, 1.82) is 5.26 Å². The molecule has 11 heteroatoms. The Hall–Kier alpha value is -2.42. The maximum Gasteiger partial charge on any atom is 0.407 e. The molecule has 2 aromatic rings. The van der Waals surface area contributed by atoms with Crippen molar-refractivity contribution in [2.45, 2.75) is 12.5 Å². The summed E-state index contributed by atoms with van der Waals surface area (Å²) in [5.74, 6) is 0.755. The van der Waals surface area contributed by atoms with Gasteiger partial charge in [0, 0.05) is 51.7 Å². The largest absolute Gasteiger partial charge is 0.465 e. The lowest BCUT2D eigenvalue weighted by atomic mass is 9.97. The molecule has 1 unspecified atom stereocenters. The SMILES string of the molecule is CC(C#N)(c1cn2cc(Br)nc(N3CCOCC3)c2n1)N1CCN(C(=O)O)CC1. The van der Waals surface area contributed by atoms with Gasteiger partial charge in [-0.05, 0) is 22.9 Å². The average Bonchev–Trinajstić information content (AvgIpc) is 3.17. The molecule has 2 fully saturated rings. The van der Waals surface area contributed by atoms with E-state index in [0.29, 0.717) is 55.3 Å². The summed E-state index contributed by atoms with van der Waals surface area (Å²) in [6.45, 7) is 6.25. The summed E-state index contributed by atoms with van der Waals surface area (Å²) in [5, 5.41) is 19.2. The van der Waals surface area contributed by atoms with Crippen molar-refractivity contribution < 1.29 is 14.6 Å². The van der Waals surface area contributed by atoms with Crippen molar-refractivity contribution >= 4 is 33.5 Å². The van der Waals surface area contributed by atoms with Crippen LogP contribution in [0.2, 0.25) is 0 Å². The van der Waals surface area contributed by atoms with E-state index >= 15 is 0 Å². The van der Waals surface area contributed by atoms with E-state index in [1.165, 1.54) is 4.90 Å². The van der Waals surface area contributed by atoms with Crippen LogP contribution < -0.4 is 4.90 Å². The van der Waals surface area contributed by atoms with Gasteiger partial charge in [0.15, 0.2) is 17.0 Å². The summed E-state index contributed by atoms with van der Waals surface area (Å²) in [6.07, 6.45) is 2.76. The molecule has 0 aromatic carbocycles. The number of amides is 1. The predicted molar refractivity (Wildman–Crippen MR) is 108 cm³/mol. The number of imidazole rings is 1. The molecule has 154 valence electrons. The van der Waals surface area contributed by atoms with Crippen LogP contribution in [-0.2, 0) is 10.3 Å². The molecular weight excluding hydrogens is 442 g/mol. The number of carbonyl (C=O) groups is 1. The topological polar surface area (TPSA) is 110 Å². The minimum Gasteiger partial charge on any atom is -0.465 e.